The number of phenols is 1. The Hall–Kier alpha value is -1.89. The predicted octanol–water partition coefficient (Wildman–Crippen LogP) is 3.95. The van der Waals surface area contributed by atoms with Crippen LogP contribution in [0.25, 0.3) is 0 Å². The van der Waals surface area contributed by atoms with Crippen LogP contribution in [0, 0.1) is 0 Å². The molecule has 0 radical (unpaired) electrons. The Kier molecular flexibility index (Phi) is 6.78. The maximum atomic E-state index is 11.8. The highest BCUT2D eigenvalue weighted by Gasteiger charge is 2.08. The smallest absolute Gasteiger partial charge is 0.250 e. The number of phenolic OH excluding ortho intramolecular Hbond substituents is 1. The van der Waals surface area contributed by atoms with Crippen molar-refractivity contribution in [2.45, 2.75) is 4.90 Å². The summed E-state index contributed by atoms with van der Waals surface area (Å²) in [5.41, 5.74) is 2.72. The molecule has 0 unspecified atom stereocenters. The highest BCUT2D eigenvalue weighted by Crippen LogP contribution is 2.32. The van der Waals surface area contributed by atoms with Gasteiger partial charge in [-0.1, -0.05) is 23.2 Å². The van der Waals surface area contributed by atoms with E-state index in [-0.39, 0.29) is 23.2 Å². The first-order chi connectivity index (χ1) is 11.5. The van der Waals surface area contributed by atoms with Gasteiger partial charge < -0.3 is 9.84 Å². The molecule has 0 aromatic heterocycles. The Morgan fingerprint density at radius 2 is 2.00 bits per heavy atom. The Labute approximate surface area is 153 Å². The van der Waals surface area contributed by atoms with E-state index in [0.29, 0.717) is 15.6 Å². The zero-order chi connectivity index (χ0) is 17.5. The second kappa shape index (κ2) is 8.82. The van der Waals surface area contributed by atoms with Crippen LogP contribution < -0.4 is 10.2 Å². The third-order valence-electron chi connectivity index (χ3n) is 2.87. The number of carbonyl (C=O) groups is 1. The van der Waals surface area contributed by atoms with E-state index in [1.54, 1.807) is 12.1 Å². The van der Waals surface area contributed by atoms with Crippen molar-refractivity contribution in [3.05, 3.63) is 52.0 Å². The van der Waals surface area contributed by atoms with Crippen LogP contribution in [0.1, 0.15) is 5.56 Å². The van der Waals surface area contributed by atoms with Crippen molar-refractivity contribution in [3.63, 3.8) is 0 Å². The quantitative estimate of drug-likeness (QED) is 0.449. The van der Waals surface area contributed by atoms with Gasteiger partial charge in [0.25, 0.3) is 0 Å². The summed E-state index contributed by atoms with van der Waals surface area (Å²) in [5, 5.41) is 14.8. The fraction of sp³-hybridized carbons (Fsp3) is 0.125. The molecule has 0 aliphatic heterocycles. The Bertz CT molecular complexity index is 752. The van der Waals surface area contributed by atoms with Crippen LogP contribution in [0.3, 0.4) is 0 Å². The van der Waals surface area contributed by atoms with Gasteiger partial charge in [-0.3, -0.25) is 4.79 Å². The number of aromatic hydroxyl groups is 1. The largest absolute Gasteiger partial charge is 0.504 e. The number of amides is 1. The number of hydrazone groups is 1. The molecule has 2 aromatic rings. The molecular formula is C16H14Cl2N2O3S. The molecule has 0 bridgehead atoms. The number of ether oxygens (including phenoxy) is 1. The molecule has 2 N–H and O–H groups in total. The van der Waals surface area contributed by atoms with Gasteiger partial charge in [0.05, 0.1) is 19.1 Å². The number of thioether (sulfide) groups is 1. The van der Waals surface area contributed by atoms with Crippen LogP contribution in [0.15, 0.2) is 46.4 Å². The monoisotopic (exact) mass is 384 g/mol. The van der Waals surface area contributed by atoms with Gasteiger partial charge >= 0.3 is 0 Å². The number of nitrogens with one attached hydrogen (secondary N) is 1. The molecule has 24 heavy (non-hydrogen) atoms. The van der Waals surface area contributed by atoms with E-state index >= 15 is 0 Å². The zero-order valence-corrected chi connectivity index (χ0v) is 15.0. The summed E-state index contributed by atoms with van der Waals surface area (Å²) in [6.07, 6.45) is 1.30. The van der Waals surface area contributed by atoms with E-state index in [9.17, 15) is 9.90 Å². The molecule has 0 spiro atoms. The standard InChI is InChI=1S/C16H14Cl2N2O3S/c1-23-14-7-12(18)6-10(16(14)22)8-19-20-15(21)9-24-13-4-2-11(17)3-5-13/h2-8,22H,9H2,1H3,(H,20,21)/b19-8-. The predicted molar refractivity (Wildman–Crippen MR) is 97.6 cm³/mol. The average Bonchev–Trinajstić information content (AvgIpc) is 2.57. The van der Waals surface area contributed by atoms with Crippen molar-refractivity contribution in [3.8, 4) is 11.5 Å². The Morgan fingerprint density at radius 1 is 1.29 bits per heavy atom. The second-order valence-electron chi connectivity index (χ2n) is 4.58. The Balaban J connectivity index is 1.90. The summed E-state index contributed by atoms with van der Waals surface area (Å²) >= 11 is 13.1. The molecular weight excluding hydrogens is 371 g/mol. The maximum absolute atomic E-state index is 11.8. The molecule has 1 amide bonds. The van der Waals surface area contributed by atoms with E-state index in [4.69, 9.17) is 27.9 Å². The lowest BCUT2D eigenvalue weighted by Crippen LogP contribution is -2.19. The van der Waals surface area contributed by atoms with Crippen molar-refractivity contribution in [1.29, 1.82) is 0 Å². The highest BCUT2D eigenvalue weighted by atomic mass is 35.5. The number of halogens is 2. The van der Waals surface area contributed by atoms with E-state index < -0.39 is 0 Å². The molecule has 0 saturated carbocycles. The molecule has 8 heteroatoms. The second-order valence-corrected chi connectivity index (χ2v) is 6.50. The van der Waals surface area contributed by atoms with Crippen molar-refractivity contribution in [2.24, 2.45) is 5.10 Å². The van der Waals surface area contributed by atoms with Gasteiger partial charge in [0.1, 0.15) is 0 Å². The van der Waals surface area contributed by atoms with E-state index in [1.165, 1.54) is 37.2 Å². The van der Waals surface area contributed by atoms with Crippen LogP contribution in [0.2, 0.25) is 10.0 Å². The lowest BCUT2D eigenvalue weighted by Gasteiger charge is -2.06. The maximum Gasteiger partial charge on any atom is 0.250 e. The SMILES string of the molecule is COc1cc(Cl)cc(/C=N\NC(=O)CSc2ccc(Cl)cc2)c1O. The van der Waals surface area contributed by atoms with Crippen LogP contribution in [-0.2, 0) is 4.79 Å². The summed E-state index contributed by atoms with van der Waals surface area (Å²) in [6.45, 7) is 0. The van der Waals surface area contributed by atoms with Crippen LogP contribution in [0.5, 0.6) is 11.5 Å². The summed E-state index contributed by atoms with van der Waals surface area (Å²) in [7, 11) is 1.42. The number of hydrogen-bond acceptors (Lipinski definition) is 5. The molecule has 0 saturated heterocycles. The number of hydrogen-bond donors (Lipinski definition) is 2. The molecule has 0 heterocycles. The number of rotatable bonds is 6. The summed E-state index contributed by atoms with van der Waals surface area (Å²) in [5.74, 6) is 0.0489. The van der Waals surface area contributed by atoms with Crippen molar-refractivity contribution < 1.29 is 14.6 Å². The summed E-state index contributed by atoms with van der Waals surface area (Å²) in [4.78, 5) is 12.7. The van der Waals surface area contributed by atoms with Crippen molar-refractivity contribution >= 4 is 47.1 Å². The minimum absolute atomic E-state index is 0.101. The minimum atomic E-state index is -0.278. The normalized spacial score (nSPS) is 10.8. The highest BCUT2D eigenvalue weighted by molar-refractivity contribution is 8.00. The molecule has 0 aliphatic rings. The minimum Gasteiger partial charge on any atom is -0.504 e. The van der Waals surface area contributed by atoms with Gasteiger partial charge in [-0.25, -0.2) is 5.43 Å². The van der Waals surface area contributed by atoms with Gasteiger partial charge in [0.15, 0.2) is 11.5 Å². The molecule has 126 valence electrons. The number of carbonyl (C=O) groups excluding carboxylic acids is 1. The lowest BCUT2D eigenvalue weighted by molar-refractivity contribution is -0.118. The van der Waals surface area contributed by atoms with Crippen LogP contribution >= 0.6 is 35.0 Å². The third kappa shape index (κ3) is 5.33. The summed E-state index contributed by atoms with van der Waals surface area (Å²) < 4.78 is 4.99. The van der Waals surface area contributed by atoms with Crippen LogP contribution in [-0.4, -0.2) is 30.1 Å². The first kappa shape index (κ1) is 18.4. The number of benzene rings is 2. The Morgan fingerprint density at radius 3 is 2.67 bits per heavy atom. The summed E-state index contributed by atoms with van der Waals surface area (Å²) in [6, 6.07) is 10.2. The van der Waals surface area contributed by atoms with Gasteiger partial charge in [-0.2, -0.15) is 5.10 Å². The number of nitrogens with zero attached hydrogens (tertiary/aromatic N) is 1. The molecule has 2 rings (SSSR count). The van der Waals surface area contributed by atoms with Gasteiger partial charge in [-0.15, -0.1) is 11.8 Å². The van der Waals surface area contributed by atoms with Gasteiger partial charge in [0.2, 0.25) is 5.91 Å². The lowest BCUT2D eigenvalue weighted by atomic mass is 10.2. The van der Waals surface area contributed by atoms with Gasteiger partial charge in [-0.05, 0) is 30.3 Å². The fourth-order valence-corrected chi connectivity index (χ4v) is 2.77. The molecule has 0 atom stereocenters. The van der Waals surface area contributed by atoms with E-state index in [2.05, 4.69) is 10.5 Å². The van der Waals surface area contributed by atoms with E-state index in [0.717, 1.165) is 4.90 Å². The molecule has 0 aliphatic carbocycles. The zero-order valence-electron chi connectivity index (χ0n) is 12.6. The van der Waals surface area contributed by atoms with Crippen LogP contribution in [0.4, 0.5) is 0 Å². The van der Waals surface area contributed by atoms with Crippen molar-refractivity contribution in [1.82, 2.24) is 5.43 Å². The van der Waals surface area contributed by atoms with E-state index in [1.807, 2.05) is 12.1 Å². The average molecular weight is 385 g/mol. The molecule has 0 fully saturated rings. The van der Waals surface area contributed by atoms with Gasteiger partial charge in [0, 0.05) is 26.6 Å². The molecule has 5 nitrogen and oxygen atoms in total. The third-order valence-corrected chi connectivity index (χ3v) is 4.35. The number of methoxy groups -OCH3 is 1. The van der Waals surface area contributed by atoms with Crippen molar-refractivity contribution in [2.75, 3.05) is 12.9 Å². The first-order valence-electron chi connectivity index (χ1n) is 6.76. The fourth-order valence-electron chi connectivity index (χ4n) is 1.73. The topological polar surface area (TPSA) is 70.9 Å². The first-order valence-corrected chi connectivity index (χ1v) is 8.50. The molecule has 2 aromatic carbocycles.